The van der Waals surface area contributed by atoms with Crippen LogP contribution in [0.1, 0.15) is 0 Å². The van der Waals surface area contributed by atoms with Crippen LogP contribution in [-0.2, 0) is 0 Å². The molecule has 0 aliphatic carbocycles. The van der Waals surface area contributed by atoms with Crippen molar-refractivity contribution in [1.29, 1.82) is 0 Å². The second kappa shape index (κ2) is 15.7. The van der Waals surface area contributed by atoms with Gasteiger partial charge in [-0.1, -0.05) is 182 Å². The van der Waals surface area contributed by atoms with E-state index in [1.165, 1.54) is 10.1 Å². The number of rotatable bonds is 8. The average molecular weight is 797 g/mol. The molecule has 0 spiro atoms. The summed E-state index contributed by atoms with van der Waals surface area (Å²) in [7, 11) is 0. The van der Waals surface area contributed by atoms with Gasteiger partial charge in [0.1, 0.15) is 4.83 Å². The van der Waals surface area contributed by atoms with Crippen molar-refractivity contribution in [2.45, 2.75) is 0 Å². The van der Waals surface area contributed by atoms with Crippen molar-refractivity contribution >= 4 is 31.6 Å². The normalized spacial score (nSPS) is 11.3. The van der Waals surface area contributed by atoms with E-state index in [-0.39, 0.29) is 0 Å². The largest absolute Gasteiger partial charge is 0.228 e. The monoisotopic (exact) mass is 796 g/mol. The fraction of sp³-hybridized carbons (Fsp3) is 0. The van der Waals surface area contributed by atoms with Crippen LogP contribution >= 0.6 is 11.3 Å². The van der Waals surface area contributed by atoms with Gasteiger partial charge in [-0.15, -0.1) is 11.3 Å². The molecule has 0 aliphatic rings. The lowest BCUT2D eigenvalue weighted by Gasteiger charge is -2.12. The van der Waals surface area contributed by atoms with Crippen molar-refractivity contribution in [2.24, 2.45) is 0 Å². The summed E-state index contributed by atoms with van der Waals surface area (Å²) in [6.45, 7) is 0. The van der Waals surface area contributed by atoms with Gasteiger partial charge in [-0.2, -0.15) is 0 Å². The van der Waals surface area contributed by atoms with Crippen LogP contribution < -0.4 is 0 Å². The summed E-state index contributed by atoms with van der Waals surface area (Å²) in [5.74, 6) is 1.44. The molecule has 0 amide bonds. The van der Waals surface area contributed by atoms with E-state index in [2.05, 4.69) is 164 Å². The maximum Gasteiger partial charge on any atom is 0.161 e. The second-order valence-electron chi connectivity index (χ2n) is 15.1. The number of thiophene rings is 1. The average Bonchev–Trinajstić information content (AvgIpc) is 3.73. The van der Waals surface area contributed by atoms with Gasteiger partial charge in [0, 0.05) is 43.3 Å². The smallest absolute Gasteiger partial charge is 0.161 e. The molecule has 286 valence electrons. The predicted octanol–water partition coefficient (Wildman–Crippen LogP) is 15.0. The van der Waals surface area contributed by atoms with E-state index in [1.54, 1.807) is 11.3 Å². The van der Waals surface area contributed by atoms with Gasteiger partial charge in [-0.05, 0) is 69.8 Å². The molecular weight excluding hydrogens is 761 g/mol. The van der Waals surface area contributed by atoms with E-state index in [4.69, 9.17) is 19.9 Å². The molecule has 0 saturated heterocycles. The molecule has 8 aromatic carbocycles. The Bertz CT molecular complexity index is 3300. The summed E-state index contributed by atoms with van der Waals surface area (Å²) in [5, 5.41) is 2.28. The lowest BCUT2D eigenvalue weighted by Crippen LogP contribution is -1.96. The maximum atomic E-state index is 5.25. The maximum absolute atomic E-state index is 5.25. The number of hydrogen-bond donors (Lipinski definition) is 0. The predicted molar refractivity (Wildman–Crippen MR) is 254 cm³/mol. The first-order valence-corrected chi connectivity index (χ1v) is 21.2. The van der Waals surface area contributed by atoms with Crippen LogP contribution in [0.15, 0.2) is 218 Å². The molecule has 0 saturated carbocycles. The van der Waals surface area contributed by atoms with Crippen molar-refractivity contribution in [3.8, 4) is 89.9 Å². The minimum Gasteiger partial charge on any atom is -0.228 e. The van der Waals surface area contributed by atoms with Crippen molar-refractivity contribution < 1.29 is 0 Å². The van der Waals surface area contributed by atoms with Gasteiger partial charge >= 0.3 is 0 Å². The van der Waals surface area contributed by atoms with E-state index in [0.29, 0.717) is 5.82 Å². The fourth-order valence-electron chi connectivity index (χ4n) is 8.08. The summed E-state index contributed by atoms with van der Waals surface area (Å²) in [6.07, 6.45) is 0. The molecule has 0 bridgehead atoms. The third-order valence-corrected chi connectivity index (χ3v) is 12.2. The van der Waals surface area contributed by atoms with Crippen LogP contribution in [0.4, 0.5) is 0 Å². The quantitative estimate of drug-likeness (QED) is 0.154. The number of aromatic nitrogens is 4. The van der Waals surface area contributed by atoms with Gasteiger partial charge in [-0.25, -0.2) is 19.9 Å². The molecule has 0 fully saturated rings. The van der Waals surface area contributed by atoms with E-state index in [0.717, 1.165) is 94.3 Å². The van der Waals surface area contributed by atoms with Gasteiger partial charge in [0.25, 0.3) is 0 Å². The van der Waals surface area contributed by atoms with E-state index in [9.17, 15) is 0 Å². The summed E-state index contributed by atoms with van der Waals surface area (Å²) in [5.41, 5.74) is 14.7. The van der Waals surface area contributed by atoms with Gasteiger partial charge in [0.15, 0.2) is 11.6 Å². The van der Waals surface area contributed by atoms with Crippen LogP contribution in [0.25, 0.3) is 110 Å². The molecule has 5 heteroatoms. The zero-order chi connectivity index (χ0) is 40.5. The molecule has 0 radical (unpaired) electrons. The van der Waals surface area contributed by atoms with Crippen molar-refractivity contribution in [2.75, 3.05) is 0 Å². The Morgan fingerprint density at radius 3 is 1.23 bits per heavy atom. The van der Waals surface area contributed by atoms with Crippen LogP contribution in [0.2, 0.25) is 0 Å². The first kappa shape index (κ1) is 36.2. The summed E-state index contributed by atoms with van der Waals surface area (Å²) >= 11 is 1.72. The summed E-state index contributed by atoms with van der Waals surface area (Å²) in [6, 6.07) is 76.4. The topological polar surface area (TPSA) is 51.6 Å². The number of hydrogen-bond acceptors (Lipinski definition) is 5. The highest BCUT2D eigenvalue weighted by Gasteiger charge is 2.18. The third-order valence-electron chi connectivity index (χ3n) is 11.1. The van der Waals surface area contributed by atoms with Gasteiger partial charge in [0.2, 0.25) is 0 Å². The number of nitrogens with zero attached hydrogens (tertiary/aromatic N) is 4. The van der Waals surface area contributed by atoms with Crippen LogP contribution in [0.5, 0.6) is 0 Å². The molecule has 11 aromatic rings. The Balaban J connectivity index is 0.945. The Kier molecular flexibility index (Phi) is 9.34. The standard InChI is InChI=1S/C56H36N4S/c1-4-16-37(17-5-1)49-36-50(58-54(57-49)38-18-6-2-7-19-38)46-28-14-26-44(34-46)42-24-12-22-40(32-42)41-23-13-25-43(33-41)45-27-15-29-47(35-45)53-52-48-30-10-11-31-51(48)61-56(52)60-55(59-53)39-20-8-3-9-21-39/h1-36H. The summed E-state index contributed by atoms with van der Waals surface area (Å²) < 4.78 is 1.21. The highest BCUT2D eigenvalue weighted by molar-refractivity contribution is 7.25. The molecule has 11 rings (SSSR count). The minimum absolute atomic E-state index is 0.706. The molecule has 0 N–H and O–H groups in total. The molecule has 3 heterocycles. The SMILES string of the molecule is c1ccc(-c2cc(-c3cccc(-c4cccc(-c5cccc(-c6cccc(-c7nc(-c8ccccc8)nc8sc9ccccc9c78)c6)c5)c4)c3)nc(-c3ccccc3)n2)cc1. The Morgan fingerprint density at radius 2 is 0.672 bits per heavy atom. The first-order valence-electron chi connectivity index (χ1n) is 20.4. The molecule has 0 atom stereocenters. The lowest BCUT2D eigenvalue weighted by molar-refractivity contribution is 1.18. The van der Waals surface area contributed by atoms with Gasteiger partial charge in [-0.3, -0.25) is 0 Å². The van der Waals surface area contributed by atoms with Gasteiger partial charge in [0.05, 0.1) is 17.1 Å². The van der Waals surface area contributed by atoms with Crippen LogP contribution in [-0.4, -0.2) is 19.9 Å². The Labute approximate surface area is 358 Å². The highest BCUT2D eigenvalue weighted by atomic mass is 32.1. The Morgan fingerprint density at radius 1 is 0.279 bits per heavy atom. The van der Waals surface area contributed by atoms with Crippen molar-refractivity contribution in [1.82, 2.24) is 19.9 Å². The third kappa shape index (κ3) is 7.18. The van der Waals surface area contributed by atoms with E-state index >= 15 is 0 Å². The number of benzene rings is 8. The summed E-state index contributed by atoms with van der Waals surface area (Å²) in [4.78, 5) is 21.4. The van der Waals surface area contributed by atoms with Crippen molar-refractivity contribution in [3.63, 3.8) is 0 Å². The highest BCUT2D eigenvalue weighted by Crippen LogP contribution is 2.41. The van der Waals surface area contributed by atoms with Crippen LogP contribution in [0.3, 0.4) is 0 Å². The Hall–Kier alpha value is -7.86. The molecule has 4 nitrogen and oxygen atoms in total. The van der Waals surface area contributed by atoms with E-state index < -0.39 is 0 Å². The fourth-order valence-corrected chi connectivity index (χ4v) is 9.15. The minimum atomic E-state index is 0.706. The zero-order valence-electron chi connectivity index (χ0n) is 33.0. The first-order chi connectivity index (χ1) is 30.2. The lowest BCUT2D eigenvalue weighted by atomic mass is 9.94. The molecule has 0 unspecified atom stereocenters. The van der Waals surface area contributed by atoms with Crippen LogP contribution in [0, 0.1) is 0 Å². The number of fused-ring (bicyclic) bond motifs is 3. The van der Waals surface area contributed by atoms with E-state index in [1.807, 2.05) is 54.6 Å². The molecular formula is C56H36N4S. The molecule has 3 aromatic heterocycles. The second-order valence-corrected chi connectivity index (χ2v) is 16.1. The van der Waals surface area contributed by atoms with Crippen molar-refractivity contribution in [3.05, 3.63) is 218 Å². The van der Waals surface area contributed by atoms with Gasteiger partial charge < -0.3 is 0 Å². The molecule has 0 aliphatic heterocycles. The zero-order valence-corrected chi connectivity index (χ0v) is 33.8. The molecule has 61 heavy (non-hydrogen) atoms.